The molecule has 1 N–H and O–H groups in total. The molecule has 1 aromatic heterocycles. The number of rotatable bonds is 4. The molecular weight excluding hydrogens is 683 g/mol. The smallest absolute Gasteiger partial charge is 0.433 e. The van der Waals surface area contributed by atoms with Gasteiger partial charge in [-0.2, -0.15) is 18.2 Å². The number of aromatic nitrogens is 1. The van der Waals surface area contributed by atoms with E-state index in [1.165, 1.54) is 20.2 Å². The van der Waals surface area contributed by atoms with Gasteiger partial charge in [0.05, 0.1) is 28.4 Å². The molecule has 3 aliphatic carbocycles. The number of aromatic hydroxyl groups is 1. The maximum absolute atomic E-state index is 14.1. The summed E-state index contributed by atoms with van der Waals surface area (Å²) in [7, 11) is 2.60. The predicted molar refractivity (Wildman–Crippen MR) is 158 cm³/mol. The summed E-state index contributed by atoms with van der Waals surface area (Å²) in [6, 6.07) is 4.86. The summed E-state index contributed by atoms with van der Waals surface area (Å²) < 4.78 is 46.0. The van der Waals surface area contributed by atoms with Crippen molar-refractivity contribution in [2.45, 2.75) is 31.9 Å². The number of nitrogens with zero attached hydrogens (tertiary/aromatic N) is 3. The second-order valence-corrected chi connectivity index (χ2v) is 12.6. The van der Waals surface area contributed by atoms with E-state index in [9.17, 15) is 37.5 Å². The molecule has 1 fully saturated rings. The number of halogens is 5. The molecule has 234 valence electrons. The van der Waals surface area contributed by atoms with Crippen LogP contribution in [0.2, 0.25) is 5.02 Å². The lowest BCUT2D eigenvalue weighted by Crippen LogP contribution is -2.46. The van der Waals surface area contributed by atoms with Crippen LogP contribution in [0.1, 0.15) is 36.9 Å². The number of hydrogen-bond donors (Lipinski definition) is 1. The average Bonchev–Trinajstić information content (AvgIpc) is 3.24. The summed E-state index contributed by atoms with van der Waals surface area (Å²) in [5.74, 6) is -5.91. The van der Waals surface area contributed by atoms with E-state index in [1.807, 2.05) is 0 Å². The molecule has 2 aromatic rings. The van der Waals surface area contributed by atoms with Gasteiger partial charge in [-0.15, -0.1) is 0 Å². The Morgan fingerprint density at radius 1 is 1.13 bits per heavy atom. The Labute approximate surface area is 268 Å². The van der Waals surface area contributed by atoms with Crippen LogP contribution in [-0.4, -0.2) is 52.6 Å². The molecule has 1 saturated heterocycles. The number of amides is 2. The van der Waals surface area contributed by atoms with Crippen LogP contribution in [-0.2, 0) is 25.4 Å². The van der Waals surface area contributed by atoms with E-state index >= 15 is 0 Å². The summed E-state index contributed by atoms with van der Waals surface area (Å²) in [4.78, 5) is 58.4. The zero-order valence-corrected chi connectivity index (χ0v) is 26.2. The van der Waals surface area contributed by atoms with Crippen molar-refractivity contribution < 1.29 is 42.2 Å². The fourth-order valence-corrected chi connectivity index (χ4v) is 7.53. The molecule has 14 heteroatoms. The Bertz CT molecular complexity index is 1820. The number of hydrogen-bond acceptors (Lipinski definition) is 8. The van der Waals surface area contributed by atoms with Crippen LogP contribution in [0.15, 0.2) is 63.2 Å². The van der Waals surface area contributed by atoms with E-state index in [0.29, 0.717) is 17.2 Å². The minimum atomic E-state index is -4.79. The highest BCUT2D eigenvalue weighted by Crippen LogP contribution is 2.56. The Morgan fingerprint density at radius 3 is 2.51 bits per heavy atom. The number of phenolic OH excluding ortho intramolecular Hbond substituents is 1. The molecule has 0 spiro atoms. The zero-order chi connectivity index (χ0) is 32.7. The van der Waals surface area contributed by atoms with E-state index < -0.39 is 53.2 Å². The van der Waals surface area contributed by atoms with Gasteiger partial charge in [-0.25, -0.2) is 4.98 Å². The first-order valence-electron chi connectivity index (χ1n) is 13.8. The Morgan fingerprint density at radius 2 is 1.84 bits per heavy atom. The lowest BCUT2D eigenvalue weighted by atomic mass is 9.59. The first kappa shape index (κ1) is 31.0. The fraction of sp³-hybridized carbons (Fsp3) is 0.323. The summed E-state index contributed by atoms with van der Waals surface area (Å²) in [5, 5.41) is 12.0. The molecule has 0 radical (unpaired) electrons. The molecule has 1 aliphatic heterocycles. The first-order valence-corrected chi connectivity index (χ1v) is 14.9. The van der Waals surface area contributed by atoms with Crippen LogP contribution in [0.3, 0.4) is 0 Å². The van der Waals surface area contributed by atoms with Crippen molar-refractivity contribution in [3.63, 3.8) is 0 Å². The Hall–Kier alpha value is -3.97. The number of carbonyl (C=O) groups excluding carboxylic acids is 4. The Balaban J connectivity index is 1.45. The van der Waals surface area contributed by atoms with Gasteiger partial charge in [0.25, 0.3) is 11.8 Å². The SMILES string of the molecule is COc1cc(C2C3=CCC4C(=O)N(N(C)c5nc(C(F)(F)F)ccc5Cl)C(=O)C4C3CC3=C2C(=O)C(C)=CC3=O)cc(Br)c1O. The van der Waals surface area contributed by atoms with Crippen LogP contribution in [0.25, 0.3) is 0 Å². The number of ether oxygens (including phenoxy) is 1. The normalized spacial score (nSPS) is 24.7. The van der Waals surface area contributed by atoms with Crippen LogP contribution in [0, 0.1) is 17.8 Å². The molecule has 2 heterocycles. The molecule has 1 aromatic carbocycles. The maximum Gasteiger partial charge on any atom is 0.433 e. The monoisotopic (exact) mass is 705 g/mol. The molecule has 9 nitrogen and oxygen atoms in total. The number of pyridine rings is 1. The van der Waals surface area contributed by atoms with E-state index in [2.05, 4.69) is 20.9 Å². The highest BCUT2D eigenvalue weighted by Gasteiger charge is 2.57. The van der Waals surface area contributed by atoms with Crippen LogP contribution in [0.4, 0.5) is 19.0 Å². The van der Waals surface area contributed by atoms with Gasteiger partial charge in [0.1, 0.15) is 5.69 Å². The van der Waals surface area contributed by atoms with E-state index in [4.69, 9.17) is 16.3 Å². The second-order valence-electron chi connectivity index (χ2n) is 11.3. The number of anilines is 1. The van der Waals surface area contributed by atoms with Gasteiger partial charge in [-0.1, -0.05) is 23.3 Å². The largest absolute Gasteiger partial charge is 0.503 e. The molecule has 4 atom stereocenters. The number of methoxy groups -OCH3 is 1. The molecule has 4 aliphatic rings. The van der Waals surface area contributed by atoms with E-state index in [1.54, 1.807) is 25.1 Å². The third kappa shape index (κ3) is 4.78. The quantitative estimate of drug-likeness (QED) is 0.244. The summed E-state index contributed by atoms with van der Waals surface area (Å²) in [6.45, 7) is 1.55. The number of allylic oxidation sites excluding steroid dienone is 6. The number of imide groups is 1. The number of carbonyl (C=O) groups is 4. The van der Waals surface area contributed by atoms with Crippen LogP contribution < -0.4 is 9.75 Å². The van der Waals surface area contributed by atoms with Gasteiger partial charge in [0.15, 0.2) is 28.9 Å². The number of fused-ring (bicyclic) bond motifs is 3. The van der Waals surface area contributed by atoms with Gasteiger partial charge in [-0.05, 0) is 77.5 Å². The minimum absolute atomic E-state index is 0.00269. The maximum atomic E-state index is 14.1. The molecule has 2 amide bonds. The molecule has 0 bridgehead atoms. The molecular formula is C31H24BrClF3N3O6. The van der Waals surface area contributed by atoms with Crippen molar-refractivity contribution in [3.8, 4) is 11.5 Å². The number of alkyl halides is 3. The number of ketones is 2. The van der Waals surface area contributed by atoms with Gasteiger partial charge in [0.2, 0.25) is 0 Å². The molecule has 4 unspecified atom stereocenters. The summed E-state index contributed by atoms with van der Waals surface area (Å²) in [6.07, 6.45) is -1.64. The van der Waals surface area contributed by atoms with Crippen molar-refractivity contribution in [1.29, 1.82) is 0 Å². The summed E-state index contributed by atoms with van der Waals surface area (Å²) in [5.41, 5.74) is 0.642. The van der Waals surface area contributed by atoms with Crippen molar-refractivity contribution >= 4 is 56.7 Å². The number of phenols is 1. The molecule has 0 saturated carbocycles. The number of Topliss-reactive ketones (excluding diaryl/α,β-unsaturated/α-hetero) is 1. The van der Waals surface area contributed by atoms with Crippen molar-refractivity contribution in [2.75, 3.05) is 19.2 Å². The van der Waals surface area contributed by atoms with Gasteiger partial charge >= 0.3 is 6.18 Å². The zero-order valence-electron chi connectivity index (χ0n) is 23.9. The van der Waals surface area contributed by atoms with E-state index in [0.717, 1.165) is 16.1 Å². The van der Waals surface area contributed by atoms with E-state index in [-0.39, 0.29) is 62.1 Å². The first-order chi connectivity index (χ1) is 21.1. The van der Waals surface area contributed by atoms with Gasteiger partial charge < -0.3 is 9.84 Å². The number of hydrazine groups is 1. The van der Waals surface area contributed by atoms with Crippen LogP contribution >= 0.6 is 27.5 Å². The van der Waals surface area contributed by atoms with Crippen molar-refractivity contribution in [2.24, 2.45) is 17.8 Å². The van der Waals surface area contributed by atoms with Gasteiger partial charge in [-0.3, -0.25) is 24.2 Å². The standard InChI is InChI=1S/C31H24BrClF3N3O6/c1-12-8-20(40)17-11-16-14(23(25(17)26(12)41)13-9-18(32)27(42)21(10-13)45-3)4-5-15-24(16)30(44)39(29(15)43)38(2)28-19(33)6-7-22(37-28)31(34,35)36/h4,6-10,15-16,23-24,42H,5,11H2,1-3H3. The summed E-state index contributed by atoms with van der Waals surface area (Å²) >= 11 is 9.51. The average molecular weight is 707 g/mol. The third-order valence-corrected chi connectivity index (χ3v) is 9.77. The fourth-order valence-electron chi connectivity index (χ4n) is 6.85. The topological polar surface area (TPSA) is 117 Å². The Kier molecular flexibility index (Phi) is 7.47. The third-order valence-electron chi connectivity index (χ3n) is 8.87. The lowest BCUT2D eigenvalue weighted by Gasteiger charge is -2.42. The predicted octanol–water partition coefficient (Wildman–Crippen LogP) is 5.71. The van der Waals surface area contributed by atoms with Crippen LogP contribution in [0.5, 0.6) is 11.5 Å². The van der Waals surface area contributed by atoms with Crippen molar-refractivity contribution in [3.05, 3.63) is 79.5 Å². The molecule has 6 rings (SSSR count). The molecule has 45 heavy (non-hydrogen) atoms. The lowest BCUT2D eigenvalue weighted by molar-refractivity contribution is -0.141. The van der Waals surface area contributed by atoms with Crippen molar-refractivity contribution in [1.82, 2.24) is 9.99 Å². The second kappa shape index (κ2) is 10.8. The van der Waals surface area contributed by atoms with Gasteiger partial charge in [0, 0.05) is 29.7 Å². The highest BCUT2D eigenvalue weighted by atomic mass is 79.9. The highest BCUT2D eigenvalue weighted by molar-refractivity contribution is 9.10. The number of benzene rings is 1. The minimum Gasteiger partial charge on any atom is -0.503 e.